The molecule has 1 fully saturated rings. The fraction of sp³-hybridized carbons (Fsp3) is 0.292. The fourth-order valence-corrected chi connectivity index (χ4v) is 5.70. The average molecular weight is 466 g/mol. The third kappa shape index (κ3) is 3.09. The molecule has 1 spiro atoms. The molecule has 1 aliphatic carbocycles. The van der Waals surface area contributed by atoms with Crippen LogP contribution in [0.4, 0.5) is 5.95 Å². The number of anilines is 1. The van der Waals surface area contributed by atoms with E-state index >= 15 is 0 Å². The molecule has 4 aromatic rings. The van der Waals surface area contributed by atoms with E-state index in [-0.39, 0.29) is 11.5 Å². The third-order valence-corrected chi connectivity index (χ3v) is 7.58. The number of benzene rings is 2. The Morgan fingerprint density at radius 2 is 1.75 bits per heavy atom. The van der Waals surface area contributed by atoms with E-state index in [4.69, 9.17) is 33.4 Å². The molecule has 6 rings (SSSR count). The number of halogens is 2. The fourth-order valence-electron chi connectivity index (χ4n) is 5.15. The number of aromatic nitrogens is 3. The van der Waals surface area contributed by atoms with Gasteiger partial charge >= 0.3 is 0 Å². The van der Waals surface area contributed by atoms with Crippen molar-refractivity contribution in [2.75, 3.05) is 18.0 Å². The molecular formula is C24H21Cl2N5O. The lowest BCUT2D eigenvalue weighted by molar-refractivity contribution is 0.187. The average Bonchev–Trinajstić information content (AvgIpc) is 3.33. The molecule has 2 N–H and O–H groups in total. The van der Waals surface area contributed by atoms with E-state index in [2.05, 4.69) is 44.1 Å². The Hall–Kier alpha value is -2.67. The molecule has 2 aliphatic rings. The first-order valence-corrected chi connectivity index (χ1v) is 11.5. The molecule has 8 heteroatoms. The van der Waals surface area contributed by atoms with E-state index in [0.717, 1.165) is 32.4 Å². The van der Waals surface area contributed by atoms with Crippen molar-refractivity contribution in [3.8, 4) is 11.5 Å². The van der Waals surface area contributed by atoms with Crippen LogP contribution in [-0.2, 0) is 6.42 Å². The highest BCUT2D eigenvalue weighted by Gasteiger charge is 2.46. The molecule has 0 amide bonds. The Morgan fingerprint density at radius 3 is 2.50 bits per heavy atom. The van der Waals surface area contributed by atoms with Crippen molar-refractivity contribution >= 4 is 40.4 Å². The number of piperidine rings is 1. The van der Waals surface area contributed by atoms with E-state index in [1.807, 2.05) is 0 Å². The topological polar surface area (TPSA) is 81.1 Å². The van der Waals surface area contributed by atoms with Gasteiger partial charge in [0.1, 0.15) is 5.52 Å². The molecule has 2 aromatic carbocycles. The second kappa shape index (κ2) is 7.44. The maximum atomic E-state index is 6.70. The second-order valence-electron chi connectivity index (χ2n) is 8.68. The van der Waals surface area contributed by atoms with E-state index in [1.165, 1.54) is 11.1 Å². The van der Waals surface area contributed by atoms with Crippen molar-refractivity contribution in [2.45, 2.75) is 25.3 Å². The van der Waals surface area contributed by atoms with Gasteiger partial charge in [-0.25, -0.2) is 9.97 Å². The number of rotatable bonds is 2. The zero-order valence-electron chi connectivity index (χ0n) is 17.3. The van der Waals surface area contributed by atoms with Gasteiger partial charge in [-0.05, 0) is 47.9 Å². The highest BCUT2D eigenvalue weighted by molar-refractivity contribution is 6.38. The summed E-state index contributed by atoms with van der Waals surface area (Å²) >= 11 is 12.6. The monoisotopic (exact) mass is 465 g/mol. The molecule has 0 unspecified atom stereocenters. The Kier molecular flexibility index (Phi) is 4.64. The van der Waals surface area contributed by atoms with Crippen molar-refractivity contribution in [3.05, 3.63) is 69.8 Å². The quantitative estimate of drug-likeness (QED) is 0.424. The van der Waals surface area contributed by atoms with Crippen molar-refractivity contribution in [2.24, 2.45) is 11.1 Å². The van der Waals surface area contributed by atoms with Gasteiger partial charge in [-0.2, -0.15) is 4.98 Å². The first-order chi connectivity index (χ1) is 15.5. The van der Waals surface area contributed by atoms with Crippen LogP contribution < -0.4 is 10.6 Å². The van der Waals surface area contributed by atoms with Crippen molar-refractivity contribution in [1.29, 1.82) is 0 Å². The first-order valence-electron chi connectivity index (χ1n) is 10.7. The summed E-state index contributed by atoms with van der Waals surface area (Å²) in [5.74, 6) is 0.985. The van der Waals surface area contributed by atoms with Crippen LogP contribution in [0, 0.1) is 5.41 Å². The minimum atomic E-state index is 0.0847. The van der Waals surface area contributed by atoms with Crippen LogP contribution in [-0.4, -0.2) is 28.0 Å². The second-order valence-corrected chi connectivity index (χ2v) is 9.49. The van der Waals surface area contributed by atoms with Crippen LogP contribution in [0.5, 0.6) is 0 Å². The number of hydrogen-bond donors (Lipinski definition) is 1. The van der Waals surface area contributed by atoms with E-state index in [0.29, 0.717) is 38.7 Å². The van der Waals surface area contributed by atoms with E-state index < -0.39 is 0 Å². The summed E-state index contributed by atoms with van der Waals surface area (Å²) in [4.78, 5) is 15.9. The Balaban J connectivity index is 1.25. The smallest absolute Gasteiger partial charge is 0.252 e. The zero-order chi connectivity index (χ0) is 21.9. The van der Waals surface area contributed by atoms with Crippen molar-refractivity contribution in [3.63, 3.8) is 0 Å². The number of oxazole rings is 1. The van der Waals surface area contributed by atoms with Gasteiger partial charge in [-0.3, -0.25) is 0 Å². The van der Waals surface area contributed by atoms with Crippen molar-refractivity contribution < 1.29 is 4.42 Å². The maximum Gasteiger partial charge on any atom is 0.252 e. The minimum Gasteiger partial charge on any atom is -0.417 e. The SMILES string of the molecule is N[C@@H]1c2ccccc2CC12CCN(c1ncc3nc(-c4c(Cl)cccc4Cl)oc3n1)CC2. The van der Waals surface area contributed by atoms with E-state index in [9.17, 15) is 0 Å². The van der Waals surface area contributed by atoms with Crippen LogP contribution in [0.1, 0.15) is 30.0 Å². The van der Waals surface area contributed by atoms with Crippen LogP contribution >= 0.6 is 23.2 Å². The molecule has 0 bridgehead atoms. The molecule has 0 saturated carbocycles. The minimum absolute atomic E-state index is 0.0847. The van der Waals surface area contributed by atoms with Crippen LogP contribution in [0.2, 0.25) is 10.0 Å². The lowest BCUT2D eigenvalue weighted by Gasteiger charge is -2.42. The summed E-state index contributed by atoms with van der Waals surface area (Å²) in [6.07, 6.45) is 4.74. The molecule has 1 saturated heterocycles. The summed E-state index contributed by atoms with van der Waals surface area (Å²) in [6, 6.07) is 13.9. The third-order valence-electron chi connectivity index (χ3n) is 6.95. The molecule has 3 heterocycles. The Labute approximate surface area is 195 Å². The van der Waals surface area contributed by atoms with Gasteiger partial charge < -0.3 is 15.1 Å². The van der Waals surface area contributed by atoms with Gasteiger partial charge in [0, 0.05) is 19.1 Å². The van der Waals surface area contributed by atoms with Gasteiger partial charge in [0.25, 0.3) is 5.71 Å². The summed E-state index contributed by atoms with van der Waals surface area (Å²) in [5, 5.41) is 0.958. The molecule has 162 valence electrons. The molecule has 1 atom stereocenters. The first kappa shape index (κ1) is 20.0. The van der Waals surface area contributed by atoms with Crippen LogP contribution in [0.15, 0.2) is 53.1 Å². The standard InChI is InChI=1S/C24H21Cl2N5O/c25-16-6-3-7-17(26)19(16)22-29-18-13-28-23(30-21(18)32-22)31-10-8-24(9-11-31)12-14-4-1-2-5-15(14)20(24)27/h1-7,13,20H,8-12,27H2/t20-/m1/s1. The summed E-state index contributed by atoms with van der Waals surface area (Å²) in [7, 11) is 0. The predicted molar refractivity (Wildman–Crippen MR) is 126 cm³/mol. The van der Waals surface area contributed by atoms with Crippen LogP contribution in [0.3, 0.4) is 0 Å². The number of nitrogens with two attached hydrogens (primary N) is 1. The van der Waals surface area contributed by atoms with Gasteiger partial charge in [0.2, 0.25) is 11.8 Å². The summed E-state index contributed by atoms with van der Waals surface area (Å²) < 4.78 is 5.92. The highest BCUT2D eigenvalue weighted by Crippen LogP contribution is 2.50. The predicted octanol–water partition coefficient (Wildman–Crippen LogP) is 5.43. The lowest BCUT2D eigenvalue weighted by Crippen LogP contribution is -2.44. The van der Waals surface area contributed by atoms with Gasteiger partial charge in [-0.15, -0.1) is 0 Å². The number of hydrogen-bond acceptors (Lipinski definition) is 6. The van der Waals surface area contributed by atoms with Crippen molar-refractivity contribution in [1.82, 2.24) is 15.0 Å². The molecule has 1 aliphatic heterocycles. The Bertz CT molecular complexity index is 1310. The molecule has 32 heavy (non-hydrogen) atoms. The van der Waals surface area contributed by atoms with Gasteiger partial charge in [0.05, 0.1) is 21.8 Å². The van der Waals surface area contributed by atoms with Crippen LogP contribution in [0.25, 0.3) is 22.7 Å². The number of fused-ring (bicyclic) bond motifs is 2. The molecule has 0 radical (unpaired) electrons. The summed E-state index contributed by atoms with van der Waals surface area (Å²) in [5.41, 5.74) is 11.1. The highest BCUT2D eigenvalue weighted by atomic mass is 35.5. The lowest BCUT2D eigenvalue weighted by atomic mass is 9.73. The molecule has 6 nitrogen and oxygen atoms in total. The van der Waals surface area contributed by atoms with Gasteiger partial charge in [-0.1, -0.05) is 53.5 Å². The summed E-state index contributed by atoms with van der Waals surface area (Å²) in [6.45, 7) is 1.70. The Morgan fingerprint density at radius 1 is 1.00 bits per heavy atom. The molecular weight excluding hydrogens is 445 g/mol. The van der Waals surface area contributed by atoms with Gasteiger partial charge in [0.15, 0.2) is 0 Å². The zero-order valence-corrected chi connectivity index (χ0v) is 18.8. The number of nitrogens with zero attached hydrogens (tertiary/aromatic N) is 4. The normalized spacial score (nSPS) is 19.6. The molecule has 2 aromatic heterocycles. The van der Waals surface area contributed by atoms with E-state index in [1.54, 1.807) is 24.4 Å². The largest absolute Gasteiger partial charge is 0.417 e. The maximum absolute atomic E-state index is 6.70.